The molecule has 0 bridgehead atoms. The lowest BCUT2D eigenvalue weighted by Gasteiger charge is -2.37. The Morgan fingerprint density at radius 1 is 0.750 bits per heavy atom. The number of hydrogen-bond acceptors (Lipinski definition) is 0. The molecule has 0 saturated heterocycles. The van der Waals surface area contributed by atoms with Crippen LogP contribution in [0.4, 0.5) is 0 Å². The normalized spacial score (nSPS) is 34.9. The number of rotatable bonds is 3. The fraction of sp³-hybridized carbons (Fsp3) is 0.700. The Labute approximate surface area is 125 Å². The summed E-state index contributed by atoms with van der Waals surface area (Å²) in [5, 5.41) is 0. The van der Waals surface area contributed by atoms with Gasteiger partial charge in [0.25, 0.3) is 0 Å². The van der Waals surface area contributed by atoms with Crippen LogP contribution in [0.5, 0.6) is 0 Å². The van der Waals surface area contributed by atoms with Crippen molar-refractivity contribution in [3.63, 3.8) is 0 Å². The van der Waals surface area contributed by atoms with Crippen LogP contribution in [0.3, 0.4) is 0 Å². The van der Waals surface area contributed by atoms with E-state index in [0.717, 1.165) is 23.7 Å². The van der Waals surface area contributed by atoms with Gasteiger partial charge in [0.15, 0.2) is 0 Å². The van der Waals surface area contributed by atoms with E-state index in [1.165, 1.54) is 57.8 Å². The maximum absolute atomic E-state index is 2.37. The highest BCUT2D eigenvalue weighted by Gasteiger charge is 2.30. The molecule has 0 atom stereocenters. The molecule has 2 fully saturated rings. The third-order valence-electron chi connectivity index (χ3n) is 6.18. The van der Waals surface area contributed by atoms with E-state index in [9.17, 15) is 0 Å². The topological polar surface area (TPSA) is 0 Å². The van der Waals surface area contributed by atoms with E-state index >= 15 is 0 Å². The van der Waals surface area contributed by atoms with Gasteiger partial charge in [-0.2, -0.15) is 0 Å². The lowest BCUT2D eigenvalue weighted by Crippen LogP contribution is -2.25. The summed E-state index contributed by atoms with van der Waals surface area (Å²) in [6.45, 7) is 2.37. The van der Waals surface area contributed by atoms with Crippen molar-refractivity contribution < 1.29 is 0 Å². The zero-order valence-electron chi connectivity index (χ0n) is 13.1. The van der Waals surface area contributed by atoms with Gasteiger partial charge >= 0.3 is 0 Å². The molecular weight excluding hydrogens is 240 g/mol. The van der Waals surface area contributed by atoms with Gasteiger partial charge in [-0.05, 0) is 67.8 Å². The second-order valence-corrected chi connectivity index (χ2v) is 7.21. The summed E-state index contributed by atoms with van der Waals surface area (Å²) >= 11 is 0. The molecular formula is C20H30. The Morgan fingerprint density at radius 3 is 1.85 bits per heavy atom. The highest BCUT2D eigenvalue weighted by atomic mass is 14.4. The summed E-state index contributed by atoms with van der Waals surface area (Å²) in [4.78, 5) is 0. The molecule has 0 spiro atoms. The van der Waals surface area contributed by atoms with E-state index in [1.54, 1.807) is 5.56 Å². The molecule has 2 saturated carbocycles. The SMILES string of the molecule is CC[C@H]1CC[C@H]([C@H]2CC[C@H](c3ccccc3)CC2)CC1. The van der Waals surface area contributed by atoms with Gasteiger partial charge in [-0.3, -0.25) is 0 Å². The summed E-state index contributed by atoms with van der Waals surface area (Å²) < 4.78 is 0. The van der Waals surface area contributed by atoms with Gasteiger partial charge in [0.05, 0.1) is 0 Å². The molecule has 0 heterocycles. The molecule has 0 heteroatoms. The molecule has 3 rings (SSSR count). The van der Waals surface area contributed by atoms with Crippen LogP contribution in [0.15, 0.2) is 30.3 Å². The van der Waals surface area contributed by atoms with E-state index in [4.69, 9.17) is 0 Å². The zero-order valence-corrected chi connectivity index (χ0v) is 13.1. The van der Waals surface area contributed by atoms with Crippen LogP contribution in [0.25, 0.3) is 0 Å². The molecule has 0 unspecified atom stereocenters. The molecule has 2 aliphatic carbocycles. The molecule has 20 heavy (non-hydrogen) atoms. The van der Waals surface area contributed by atoms with Crippen LogP contribution >= 0.6 is 0 Å². The molecule has 110 valence electrons. The molecule has 0 radical (unpaired) electrons. The minimum atomic E-state index is 0.847. The zero-order chi connectivity index (χ0) is 13.8. The summed E-state index contributed by atoms with van der Waals surface area (Å²) in [7, 11) is 0. The molecule has 1 aromatic rings. The second-order valence-electron chi connectivity index (χ2n) is 7.21. The average Bonchev–Trinajstić information content (AvgIpc) is 2.56. The smallest absolute Gasteiger partial charge is 0.0162 e. The Morgan fingerprint density at radius 2 is 1.30 bits per heavy atom. The fourth-order valence-electron chi connectivity index (χ4n) is 4.72. The third-order valence-corrected chi connectivity index (χ3v) is 6.18. The quantitative estimate of drug-likeness (QED) is 0.615. The minimum absolute atomic E-state index is 0.847. The van der Waals surface area contributed by atoms with E-state index in [2.05, 4.69) is 37.3 Å². The fourth-order valence-corrected chi connectivity index (χ4v) is 4.72. The van der Waals surface area contributed by atoms with Crippen LogP contribution in [-0.2, 0) is 0 Å². The molecule has 0 amide bonds. The summed E-state index contributed by atoms with van der Waals surface area (Å²) in [5.74, 6) is 4.01. The third kappa shape index (κ3) is 3.27. The molecule has 1 aromatic carbocycles. The Kier molecular flexibility index (Phi) is 4.81. The first-order valence-corrected chi connectivity index (χ1v) is 8.91. The molecule has 0 nitrogen and oxygen atoms in total. The highest BCUT2D eigenvalue weighted by Crippen LogP contribution is 2.44. The van der Waals surface area contributed by atoms with Crippen molar-refractivity contribution in [2.24, 2.45) is 17.8 Å². The van der Waals surface area contributed by atoms with Crippen LogP contribution in [0.2, 0.25) is 0 Å². The van der Waals surface area contributed by atoms with Crippen molar-refractivity contribution in [3.05, 3.63) is 35.9 Å². The van der Waals surface area contributed by atoms with Gasteiger partial charge in [0, 0.05) is 0 Å². The Hall–Kier alpha value is -0.780. The first-order chi connectivity index (χ1) is 9.86. The Bertz CT molecular complexity index is 378. The largest absolute Gasteiger partial charge is 0.0651 e. The van der Waals surface area contributed by atoms with Gasteiger partial charge in [-0.15, -0.1) is 0 Å². The van der Waals surface area contributed by atoms with Crippen LogP contribution in [0, 0.1) is 17.8 Å². The summed E-state index contributed by atoms with van der Waals surface area (Å²) in [6.07, 6.45) is 13.3. The van der Waals surface area contributed by atoms with Crippen molar-refractivity contribution in [1.82, 2.24) is 0 Å². The number of hydrogen-bond donors (Lipinski definition) is 0. The van der Waals surface area contributed by atoms with Gasteiger partial charge in [-0.25, -0.2) is 0 Å². The van der Waals surface area contributed by atoms with E-state index < -0.39 is 0 Å². The first kappa shape index (κ1) is 14.2. The van der Waals surface area contributed by atoms with Gasteiger partial charge in [0.2, 0.25) is 0 Å². The molecule has 0 N–H and O–H groups in total. The lowest BCUT2D eigenvalue weighted by molar-refractivity contribution is 0.158. The van der Waals surface area contributed by atoms with Gasteiger partial charge in [0.1, 0.15) is 0 Å². The standard InChI is InChI=1S/C20H30/c1-2-16-8-10-18(11-9-16)20-14-12-19(13-15-20)17-6-4-3-5-7-17/h3-7,16,18-20H,2,8-15H2,1H3/t16-,18-,19-,20-. The van der Waals surface area contributed by atoms with Crippen molar-refractivity contribution in [3.8, 4) is 0 Å². The van der Waals surface area contributed by atoms with Crippen molar-refractivity contribution >= 4 is 0 Å². The molecule has 0 aromatic heterocycles. The lowest BCUT2D eigenvalue weighted by atomic mass is 9.68. The second kappa shape index (κ2) is 6.78. The van der Waals surface area contributed by atoms with E-state index in [-0.39, 0.29) is 0 Å². The number of benzene rings is 1. The van der Waals surface area contributed by atoms with Crippen molar-refractivity contribution in [2.75, 3.05) is 0 Å². The average molecular weight is 270 g/mol. The summed E-state index contributed by atoms with van der Waals surface area (Å²) in [5.41, 5.74) is 1.58. The van der Waals surface area contributed by atoms with Crippen LogP contribution < -0.4 is 0 Å². The van der Waals surface area contributed by atoms with E-state index in [0.29, 0.717) is 0 Å². The molecule has 2 aliphatic rings. The van der Waals surface area contributed by atoms with Gasteiger partial charge < -0.3 is 0 Å². The predicted molar refractivity (Wildman–Crippen MR) is 86.9 cm³/mol. The van der Waals surface area contributed by atoms with Crippen molar-refractivity contribution in [2.45, 2.75) is 70.6 Å². The maximum Gasteiger partial charge on any atom is -0.0162 e. The minimum Gasteiger partial charge on any atom is -0.0651 e. The molecule has 0 aliphatic heterocycles. The van der Waals surface area contributed by atoms with Gasteiger partial charge in [-0.1, -0.05) is 56.5 Å². The summed E-state index contributed by atoms with van der Waals surface area (Å²) in [6, 6.07) is 11.2. The van der Waals surface area contributed by atoms with Crippen molar-refractivity contribution in [1.29, 1.82) is 0 Å². The Balaban J connectivity index is 1.49. The van der Waals surface area contributed by atoms with Crippen LogP contribution in [-0.4, -0.2) is 0 Å². The maximum atomic E-state index is 2.37. The first-order valence-electron chi connectivity index (χ1n) is 8.91. The van der Waals surface area contributed by atoms with Crippen LogP contribution in [0.1, 0.15) is 76.2 Å². The monoisotopic (exact) mass is 270 g/mol. The predicted octanol–water partition coefficient (Wildman–Crippen LogP) is 6.18. The highest BCUT2D eigenvalue weighted by molar-refractivity contribution is 5.19. The van der Waals surface area contributed by atoms with E-state index in [1.807, 2.05) is 0 Å².